The first kappa shape index (κ1) is 21.7. The number of aromatic hydroxyl groups is 1. The highest BCUT2D eigenvalue weighted by Gasteiger charge is 2.42. The maximum Gasteiger partial charge on any atom is 0.273 e. The van der Waals surface area contributed by atoms with Gasteiger partial charge in [0.2, 0.25) is 0 Å². The van der Waals surface area contributed by atoms with E-state index in [0.717, 1.165) is 11.1 Å². The van der Waals surface area contributed by atoms with Crippen molar-refractivity contribution in [2.75, 3.05) is 26.4 Å². The molecule has 3 N–H and O–H groups in total. The van der Waals surface area contributed by atoms with E-state index in [0.29, 0.717) is 47.2 Å². The predicted molar refractivity (Wildman–Crippen MR) is 119 cm³/mol. The first-order valence-electron chi connectivity index (χ1n) is 10.7. The second-order valence-electron chi connectivity index (χ2n) is 7.58. The third-order valence-electron chi connectivity index (χ3n) is 5.50. The molecule has 8 nitrogen and oxygen atoms in total. The molecule has 0 fully saturated rings. The number of carbonyl (C=O) groups is 1. The molecule has 0 radical (unpaired) electrons. The van der Waals surface area contributed by atoms with Crippen molar-refractivity contribution in [2.24, 2.45) is 0 Å². The van der Waals surface area contributed by atoms with Gasteiger partial charge in [-0.3, -0.25) is 9.89 Å². The van der Waals surface area contributed by atoms with E-state index < -0.39 is 6.04 Å². The number of hydrogen-bond acceptors (Lipinski definition) is 6. The summed E-state index contributed by atoms with van der Waals surface area (Å²) in [6, 6.07) is 10.3. The summed E-state index contributed by atoms with van der Waals surface area (Å²) < 4.78 is 11.5. The molecule has 2 aromatic carbocycles. The van der Waals surface area contributed by atoms with Crippen molar-refractivity contribution in [3.63, 3.8) is 0 Å². The molecule has 32 heavy (non-hydrogen) atoms. The van der Waals surface area contributed by atoms with Gasteiger partial charge in [0, 0.05) is 17.7 Å². The van der Waals surface area contributed by atoms with Crippen molar-refractivity contribution in [1.29, 1.82) is 0 Å². The normalized spacial score (nSPS) is 15.2. The molecule has 0 bridgehead atoms. The molecule has 0 saturated carbocycles. The second-order valence-corrected chi connectivity index (χ2v) is 7.58. The Hall–Kier alpha value is -3.52. The first-order chi connectivity index (χ1) is 15.5. The number of hydrogen-bond donors (Lipinski definition) is 3. The van der Waals surface area contributed by atoms with E-state index in [4.69, 9.17) is 9.47 Å². The van der Waals surface area contributed by atoms with Gasteiger partial charge in [-0.1, -0.05) is 17.7 Å². The molecule has 4 rings (SSSR count). The van der Waals surface area contributed by atoms with E-state index >= 15 is 0 Å². The number of β-amino-alcohol motifs (C(OH)–C–C–N with tert-alkyl or cyclic N) is 1. The predicted octanol–water partition coefficient (Wildman–Crippen LogP) is 3.43. The second kappa shape index (κ2) is 8.92. The lowest BCUT2D eigenvalue weighted by Crippen LogP contribution is -2.32. The third-order valence-corrected chi connectivity index (χ3v) is 5.50. The van der Waals surface area contributed by atoms with Gasteiger partial charge in [0.1, 0.15) is 17.1 Å². The number of amides is 1. The van der Waals surface area contributed by atoms with Crippen LogP contribution >= 0.6 is 0 Å². The van der Waals surface area contributed by atoms with E-state index in [9.17, 15) is 15.0 Å². The number of H-pyrrole nitrogens is 1. The number of rotatable bonds is 8. The standard InChI is InChI=1S/C24H27N3O5/c1-4-31-18-9-7-15(13-19(18)32-5-2)23-20-21(16-12-14(3)6-8-17(16)29)25-26-22(20)24(30)27(23)10-11-28/h6-9,12-13,23,28-29H,4-5,10-11H2,1-3H3,(H,25,26)/t23-/m0/s1. The highest BCUT2D eigenvalue weighted by atomic mass is 16.5. The van der Waals surface area contributed by atoms with Crippen LogP contribution in [0.2, 0.25) is 0 Å². The summed E-state index contributed by atoms with van der Waals surface area (Å²) >= 11 is 0. The maximum atomic E-state index is 13.2. The zero-order valence-electron chi connectivity index (χ0n) is 18.4. The Morgan fingerprint density at radius 2 is 1.84 bits per heavy atom. The number of ether oxygens (including phenoxy) is 2. The van der Waals surface area contributed by atoms with Gasteiger partial charge in [-0.25, -0.2) is 0 Å². The fourth-order valence-electron chi connectivity index (χ4n) is 4.16. The highest BCUT2D eigenvalue weighted by molar-refractivity contribution is 6.00. The van der Waals surface area contributed by atoms with Crippen molar-refractivity contribution >= 4 is 5.91 Å². The van der Waals surface area contributed by atoms with Crippen LogP contribution in [-0.2, 0) is 0 Å². The van der Waals surface area contributed by atoms with Crippen molar-refractivity contribution in [3.05, 3.63) is 58.8 Å². The molecule has 1 aliphatic heterocycles. The Balaban J connectivity index is 1.89. The van der Waals surface area contributed by atoms with Crippen LogP contribution in [0.5, 0.6) is 17.2 Å². The number of nitrogens with one attached hydrogen (secondary N) is 1. The summed E-state index contributed by atoms with van der Waals surface area (Å²) in [5.41, 5.74) is 3.82. The van der Waals surface area contributed by atoms with E-state index in [1.807, 2.05) is 51.1 Å². The molecular formula is C24H27N3O5. The quantitative estimate of drug-likeness (QED) is 0.498. The molecule has 1 amide bonds. The lowest BCUT2D eigenvalue weighted by molar-refractivity contribution is 0.0706. The number of aromatic amines is 1. The summed E-state index contributed by atoms with van der Waals surface area (Å²) in [5, 5.41) is 27.4. The molecule has 168 valence electrons. The number of aryl methyl sites for hydroxylation is 1. The molecule has 8 heteroatoms. The van der Waals surface area contributed by atoms with Crippen molar-refractivity contribution in [1.82, 2.24) is 15.1 Å². The Morgan fingerprint density at radius 1 is 1.09 bits per heavy atom. The van der Waals surface area contributed by atoms with Gasteiger partial charge in [-0.05, 0) is 50.6 Å². The zero-order chi connectivity index (χ0) is 22.8. The van der Waals surface area contributed by atoms with E-state index in [-0.39, 0.29) is 24.8 Å². The number of phenolic OH excluding ortho intramolecular Hbond substituents is 1. The molecule has 1 aliphatic rings. The molecule has 1 aromatic heterocycles. The van der Waals surface area contributed by atoms with Crippen molar-refractivity contribution in [2.45, 2.75) is 26.8 Å². The zero-order valence-corrected chi connectivity index (χ0v) is 18.4. The third kappa shape index (κ3) is 3.67. The number of aliphatic hydroxyl groups is 1. The number of phenols is 1. The minimum absolute atomic E-state index is 0.0819. The first-order valence-corrected chi connectivity index (χ1v) is 10.7. The summed E-state index contributed by atoms with van der Waals surface area (Å²) in [7, 11) is 0. The number of nitrogens with zero attached hydrogens (tertiary/aromatic N) is 2. The van der Waals surface area contributed by atoms with Crippen LogP contribution in [0.25, 0.3) is 11.3 Å². The number of fused-ring (bicyclic) bond motifs is 1. The highest BCUT2D eigenvalue weighted by Crippen LogP contribution is 2.45. The van der Waals surface area contributed by atoms with E-state index in [1.54, 1.807) is 11.0 Å². The van der Waals surface area contributed by atoms with Gasteiger partial charge >= 0.3 is 0 Å². The molecule has 1 atom stereocenters. The summed E-state index contributed by atoms with van der Waals surface area (Å²) in [5.74, 6) is 1.04. The van der Waals surface area contributed by atoms with Crippen LogP contribution < -0.4 is 9.47 Å². The monoisotopic (exact) mass is 437 g/mol. The molecule has 2 heterocycles. The van der Waals surface area contributed by atoms with Crippen LogP contribution in [0.3, 0.4) is 0 Å². The molecule has 0 unspecified atom stereocenters. The number of carbonyl (C=O) groups excluding carboxylic acids is 1. The molecular weight excluding hydrogens is 410 g/mol. The molecule has 0 spiro atoms. The fraction of sp³-hybridized carbons (Fsp3) is 0.333. The SMILES string of the molecule is CCOc1ccc([C@H]2c3c(-c4cc(C)ccc4O)n[nH]c3C(=O)N2CCO)cc1OCC. The molecule has 0 saturated heterocycles. The number of benzene rings is 2. The van der Waals surface area contributed by atoms with Crippen LogP contribution in [-0.4, -0.2) is 57.6 Å². The lowest BCUT2D eigenvalue weighted by atomic mass is 9.95. The van der Waals surface area contributed by atoms with Gasteiger partial charge in [0.25, 0.3) is 5.91 Å². The van der Waals surface area contributed by atoms with Crippen LogP contribution in [0.1, 0.15) is 47.1 Å². The summed E-state index contributed by atoms with van der Waals surface area (Å²) in [4.78, 5) is 14.8. The van der Waals surface area contributed by atoms with Crippen LogP contribution in [0.4, 0.5) is 0 Å². The topological polar surface area (TPSA) is 108 Å². The van der Waals surface area contributed by atoms with Gasteiger partial charge in [0.15, 0.2) is 11.5 Å². The van der Waals surface area contributed by atoms with Gasteiger partial charge in [-0.15, -0.1) is 0 Å². The summed E-state index contributed by atoms with van der Waals surface area (Å²) in [6.45, 7) is 6.67. The van der Waals surface area contributed by atoms with Crippen LogP contribution in [0.15, 0.2) is 36.4 Å². The molecule has 3 aromatic rings. The Kier molecular flexibility index (Phi) is 6.05. The Morgan fingerprint density at radius 3 is 2.56 bits per heavy atom. The smallest absolute Gasteiger partial charge is 0.273 e. The van der Waals surface area contributed by atoms with Crippen molar-refractivity contribution < 1.29 is 24.5 Å². The lowest BCUT2D eigenvalue weighted by Gasteiger charge is -2.26. The Bertz CT molecular complexity index is 1140. The van der Waals surface area contributed by atoms with E-state index in [1.165, 1.54) is 0 Å². The number of aliphatic hydroxyl groups excluding tert-OH is 1. The van der Waals surface area contributed by atoms with Gasteiger partial charge < -0.3 is 24.6 Å². The largest absolute Gasteiger partial charge is 0.507 e. The van der Waals surface area contributed by atoms with Crippen LogP contribution in [0, 0.1) is 6.92 Å². The maximum absolute atomic E-state index is 13.2. The minimum atomic E-state index is -0.506. The average Bonchev–Trinajstić information content (AvgIpc) is 3.31. The van der Waals surface area contributed by atoms with Crippen molar-refractivity contribution in [3.8, 4) is 28.5 Å². The minimum Gasteiger partial charge on any atom is -0.507 e. The summed E-state index contributed by atoms with van der Waals surface area (Å²) in [6.07, 6.45) is 0. The van der Waals surface area contributed by atoms with Gasteiger partial charge in [-0.2, -0.15) is 5.10 Å². The molecule has 0 aliphatic carbocycles. The number of aromatic nitrogens is 2. The van der Waals surface area contributed by atoms with Gasteiger partial charge in [0.05, 0.1) is 25.9 Å². The average molecular weight is 437 g/mol. The Labute approximate surface area is 186 Å². The fourth-order valence-corrected chi connectivity index (χ4v) is 4.16. The van der Waals surface area contributed by atoms with E-state index in [2.05, 4.69) is 10.2 Å².